The highest BCUT2D eigenvalue weighted by Crippen LogP contribution is 2.23. The lowest BCUT2D eigenvalue weighted by molar-refractivity contribution is -0.154. The minimum absolute atomic E-state index is 0.0207. The first kappa shape index (κ1) is 21.5. The van der Waals surface area contributed by atoms with Gasteiger partial charge in [-0.05, 0) is 56.2 Å². The van der Waals surface area contributed by atoms with Crippen molar-refractivity contribution in [3.63, 3.8) is 0 Å². The van der Waals surface area contributed by atoms with Crippen molar-refractivity contribution in [3.05, 3.63) is 34.9 Å². The molecule has 0 saturated carbocycles. The van der Waals surface area contributed by atoms with Crippen molar-refractivity contribution in [1.82, 2.24) is 5.32 Å². The number of Topliss-reactive ketones (excluding diaryl/α,β-unsaturated/α-hetero) is 1. The van der Waals surface area contributed by atoms with Gasteiger partial charge in [-0.25, -0.2) is 8.42 Å². The molecule has 1 heterocycles. The third-order valence-corrected chi connectivity index (χ3v) is 7.25. The Labute approximate surface area is 171 Å². The zero-order chi connectivity index (χ0) is 21.0. The Kier molecular flexibility index (Phi) is 6.72. The van der Waals surface area contributed by atoms with Gasteiger partial charge in [-0.15, -0.1) is 0 Å². The number of aryl methyl sites for hydroxylation is 2. The van der Waals surface area contributed by atoms with Gasteiger partial charge in [0.15, 0.2) is 21.7 Å². The summed E-state index contributed by atoms with van der Waals surface area (Å²) in [4.78, 5) is 36.5. The van der Waals surface area contributed by atoms with Crippen LogP contribution in [0.1, 0.15) is 60.5 Å². The highest BCUT2D eigenvalue weighted by atomic mass is 32.2. The van der Waals surface area contributed by atoms with Crippen molar-refractivity contribution in [2.45, 2.75) is 64.0 Å². The first-order chi connectivity index (χ1) is 13.7. The van der Waals surface area contributed by atoms with Crippen molar-refractivity contribution in [2.75, 3.05) is 11.5 Å². The Bertz CT molecular complexity index is 908. The van der Waals surface area contributed by atoms with E-state index >= 15 is 0 Å². The number of rotatable bonds is 7. The summed E-state index contributed by atoms with van der Waals surface area (Å²) in [6.07, 6.45) is 3.57. The average molecular weight is 422 g/mol. The monoisotopic (exact) mass is 421 g/mol. The van der Waals surface area contributed by atoms with E-state index in [4.69, 9.17) is 4.74 Å². The fourth-order valence-corrected chi connectivity index (χ4v) is 5.48. The quantitative estimate of drug-likeness (QED) is 0.531. The van der Waals surface area contributed by atoms with Crippen LogP contribution in [0.25, 0.3) is 0 Å². The molecule has 7 nitrogen and oxygen atoms in total. The third-order valence-electron chi connectivity index (χ3n) is 5.48. The average Bonchev–Trinajstić information content (AvgIpc) is 3.03. The van der Waals surface area contributed by atoms with Gasteiger partial charge in [0.05, 0.1) is 17.9 Å². The van der Waals surface area contributed by atoms with Crippen LogP contribution in [0.3, 0.4) is 0 Å². The van der Waals surface area contributed by atoms with Gasteiger partial charge in [-0.2, -0.15) is 0 Å². The number of ketones is 1. The highest BCUT2D eigenvalue weighted by Gasteiger charge is 2.30. The Morgan fingerprint density at radius 2 is 1.86 bits per heavy atom. The van der Waals surface area contributed by atoms with E-state index in [1.807, 2.05) is 18.2 Å². The molecule has 29 heavy (non-hydrogen) atoms. The van der Waals surface area contributed by atoms with Crippen LogP contribution < -0.4 is 5.32 Å². The molecule has 0 radical (unpaired) electrons. The number of nitrogens with one attached hydrogen (secondary N) is 1. The molecule has 1 amide bonds. The van der Waals surface area contributed by atoms with E-state index in [0.29, 0.717) is 12.0 Å². The van der Waals surface area contributed by atoms with Crippen LogP contribution in [-0.2, 0) is 37.0 Å². The summed E-state index contributed by atoms with van der Waals surface area (Å²) < 4.78 is 28.0. The molecule has 0 bridgehead atoms. The summed E-state index contributed by atoms with van der Waals surface area (Å²) >= 11 is 0. The van der Waals surface area contributed by atoms with Gasteiger partial charge in [0, 0.05) is 18.0 Å². The van der Waals surface area contributed by atoms with Crippen LogP contribution in [0.4, 0.5) is 0 Å². The minimum Gasteiger partial charge on any atom is -0.453 e. The molecule has 2 aliphatic rings. The second-order valence-corrected chi connectivity index (χ2v) is 10.1. The van der Waals surface area contributed by atoms with Crippen LogP contribution in [-0.4, -0.2) is 49.7 Å². The normalized spacial score (nSPS) is 21.1. The van der Waals surface area contributed by atoms with Crippen molar-refractivity contribution >= 4 is 27.5 Å². The Hall–Kier alpha value is -2.22. The van der Waals surface area contributed by atoms with Gasteiger partial charge in [0.1, 0.15) is 0 Å². The summed E-state index contributed by atoms with van der Waals surface area (Å²) in [6.45, 7) is 1.43. The predicted octanol–water partition coefficient (Wildman–Crippen LogP) is 1.76. The maximum absolute atomic E-state index is 12.4. The van der Waals surface area contributed by atoms with Gasteiger partial charge in [-0.3, -0.25) is 14.4 Å². The van der Waals surface area contributed by atoms with E-state index in [-0.39, 0.29) is 30.1 Å². The SMILES string of the molecule is C[C@H](OC(=O)CCC(=O)c1ccc2c(c1)CCCC2)C(=O)N[C@H]1CCS(=O)(=O)C1. The summed E-state index contributed by atoms with van der Waals surface area (Å²) in [5.41, 5.74) is 3.11. The Morgan fingerprint density at radius 1 is 1.14 bits per heavy atom. The lowest BCUT2D eigenvalue weighted by Gasteiger charge is -2.17. The number of carbonyl (C=O) groups is 3. The number of carbonyl (C=O) groups excluding carboxylic acids is 3. The van der Waals surface area contributed by atoms with Gasteiger partial charge in [0.2, 0.25) is 0 Å². The molecule has 1 aliphatic heterocycles. The fraction of sp³-hybridized carbons (Fsp3) is 0.571. The number of ether oxygens (including phenoxy) is 1. The lowest BCUT2D eigenvalue weighted by atomic mass is 9.89. The molecule has 1 saturated heterocycles. The van der Waals surface area contributed by atoms with Gasteiger partial charge >= 0.3 is 5.97 Å². The van der Waals surface area contributed by atoms with Gasteiger partial charge in [-0.1, -0.05) is 12.1 Å². The molecule has 0 unspecified atom stereocenters. The smallest absolute Gasteiger partial charge is 0.307 e. The highest BCUT2D eigenvalue weighted by molar-refractivity contribution is 7.91. The second-order valence-electron chi connectivity index (χ2n) is 7.85. The Balaban J connectivity index is 1.44. The van der Waals surface area contributed by atoms with Crippen LogP contribution in [0, 0.1) is 0 Å². The first-order valence-electron chi connectivity index (χ1n) is 10.1. The minimum atomic E-state index is -3.10. The predicted molar refractivity (Wildman–Crippen MR) is 107 cm³/mol. The number of hydrogen-bond acceptors (Lipinski definition) is 6. The molecular weight excluding hydrogens is 394 g/mol. The number of hydrogen-bond donors (Lipinski definition) is 1. The van der Waals surface area contributed by atoms with E-state index < -0.39 is 33.9 Å². The zero-order valence-electron chi connectivity index (χ0n) is 16.6. The van der Waals surface area contributed by atoms with Crippen molar-refractivity contribution in [1.29, 1.82) is 0 Å². The van der Waals surface area contributed by atoms with Crippen LogP contribution >= 0.6 is 0 Å². The van der Waals surface area contributed by atoms with Gasteiger partial charge in [0.25, 0.3) is 5.91 Å². The third kappa shape index (κ3) is 5.88. The van der Waals surface area contributed by atoms with Crippen LogP contribution in [0.2, 0.25) is 0 Å². The summed E-state index contributed by atoms with van der Waals surface area (Å²) in [7, 11) is -3.10. The van der Waals surface area contributed by atoms with E-state index in [1.165, 1.54) is 24.5 Å². The number of benzene rings is 1. The second kappa shape index (κ2) is 9.07. The zero-order valence-corrected chi connectivity index (χ0v) is 17.4. The summed E-state index contributed by atoms with van der Waals surface area (Å²) in [5.74, 6) is -1.31. The Morgan fingerprint density at radius 3 is 2.55 bits per heavy atom. The molecule has 2 atom stereocenters. The van der Waals surface area contributed by atoms with E-state index in [9.17, 15) is 22.8 Å². The molecule has 1 N–H and O–H groups in total. The summed E-state index contributed by atoms with van der Waals surface area (Å²) in [5, 5.41) is 2.60. The van der Waals surface area contributed by atoms with E-state index in [1.54, 1.807) is 0 Å². The maximum atomic E-state index is 12.4. The van der Waals surface area contributed by atoms with Crippen molar-refractivity contribution in [3.8, 4) is 0 Å². The number of fused-ring (bicyclic) bond motifs is 1. The topological polar surface area (TPSA) is 107 Å². The number of esters is 1. The van der Waals surface area contributed by atoms with E-state index in [2.05, 4.69) is 5.32 Å². The molecular formula is C21H27NO6S. The standard InChI is InChI=1S/C21H27NO6S/c1-14(21(25)22-18-10-11-29(26,27)13-18)28-20(24)9-8-19(23)17-7-6-15-4-2-3-5-16(15)12-17/h6-7,12,14,18H,2-5,8-11,13H2,1H3,(H,22,25)/t14-,18-/m0/s1. The van der Waals surface area contributed by atoms with Crippen LogP contribution in [0.5, 0.6) is 0 Å². The summed E-state index contributed by atoms with van der Waals surface area (Å²) in [6, 6.07) is 5.28. The molecule has 1 aliphatic carbocycles. The molecule has 0 spiro atoms. The molecule has 1 aromatic rings. The number of sulfone groups is 1. The van der Waals surface area contributed by atoms with Crippen molar-refractivity contribution < 1.29 is 27.5 Å². The van der Waals surface area contributed by atoms with Crippen LogP contribution in [0.15, 0.2) is 18.2 Å². The number of amides is 1. The largest absolute Gasteiger partial charge is 0.453 e. The first-order valence-corrected chi connectivity index (χ1v) is 11.9. The molecule has 1 fully saturated rings. The fourth-order valence-electron chi connectivity index (χ4n) is 3.80. The molecule has 8 heteroatoms. The van der Waals surface area contributed by atoms with Gasteiger partial charge < -0.3 is 10.1 Å². The lowest BCUT2D eigenvalue weighted by Crippen LogP contribution is -2.42. The molecule has 0 aromatic heterocycles. The molecule has 1 aromatic carbocycles. The van der Waals surface area contributed by atoms with E-state index in [0.717, 1.165) is 19.3 Å². The maximum Gasteiger partial charge on any atom is 0.307 e. The molecule has 158 valence electrons. The molecule has 3 rings (SSSR count). The van der Waals surface area contributed by atoms with Crippen molar-refractivity contribution in [2.24, 2.45) is 0 Å².